The number of benzene rings is 2. The number of rotatable bonds is 6. The monoisotopic (exact) mass is 509 g/mol. The van der Waals surface area contributed by atoms with Gasteiger partial charge >= 0.3 is 0 Å². The Morgan fingerprint density at radius 1 is 1.00 bits per heavy atom. The van der Waals surface area contributed by atoms with E-state index in [1.54, 1.807) is 24.3 Å². The fourth-order valence-electron chi connectivity index (χ4n) is 3.79. The molecular weight excluding hydrogens is 486 g/mol. The van der Waals surface area contributed by atoms with Crippen LogP contribution in [0.25, 0.3) is 0 Å². The summed E-state index contributed by atoms with van der Waals surface area (Å²) in [6.45, 7) is 0.980. The summed E-state index contributed by atoms with van der Waals surface area (Å²) in [5, 5.41) is 0. The van der Waals surface area contributed by atoms with E-state index in [0.717, 1.165) is 4.31 Å². The molecular formula is C21H23N3O8S2. The van der Waals surface area contributed by atoms with Crippen molar-refractivity contribution in [3.8, 4) is 11.5 Å². The molecule has 0 saturated carbocycles. The first-order valence-corrected chi connectivity index (χ1v) is 13.4. The lowest BCUT2D eigenvalue weighted by molar-refractivity contribution is -0.133. The quantitative estimate of drug-likeness (QED) is 0.586. The first-order chi connectivity index (χ1) is 16.1. The Bertz CT molecular complexity index is 1310. The number of fused-ring (bicyclic) bond motifs is 1. The summed E-state index contributed by atoms with van der Waals surface area (Å²) in [7, 11) is -8.31. The molecule has 2 amide bonds. The van der Waals surface area contributed by atoms with Gasteiger partial charge in [0.1, 0.15) is 6.04 Å². The number of ether oxygens (including phenoxy) is 2. The zero-order valence-electron chi connectivity index (χ0n) is 18.2. The molecule has 11 nitrogen and oxygen atoms in total. The molecule has 34 heavy (non-hydrogen) atoms. The highest BCUT2D eigenvalue weighted by atomic mass is 32.2. The summed E-state index contributed by atoms with van der Waals surface area (Å²) >= 11 is 0. The van der Waals surface area contributed by atoms with Crippen LogP contribution in [-0.2, 0) is 35.4 Å². The van der Waals surface area contributed by atoms with Crippen LogP contribution < -0.4 is 14.2 Å². The van der Waals surface area contributed by atoms with Crippen LogP contribution in [0.3, 0.4) is 0 Å². The Balaban J connectivity index is 1.56. The molecule has 0 aliphatic carbocycles. The molecule has 182 valence electrons. The van der Waals surface area contributed by atoms with Crippen molar-refractivity contribution in [2.45, 2.75) is 23.6 Å². The van der Waals surface area contributed by atoms with Crippen LogP contribution in [0.15, 0.2) is 53.4 Å². The van der Waals surface area contributed by atoms with E-state index in [-0.39, 0.29) is 37.2 Å². The van der Waals surface area contributed by atoms with Crippen LogP contribution in [0.1, 0.15) is 12.5 Å². The van der Waals surface area contributed by atoms with Gasteiger partial charge < -0.3 is 14.4 Å². The molecule has 1 N–H and O–H groups in total. The highest BCUT2D eigenvalue weighted by Gasteiger charge is 2.41. The lowest BCUT2D eigenvalue weighted by Gasteiger charge is -2.39. The Morgan fingerprint density at radius 3 is 2.41 bits per heavy atom. The SMILES string of the molecule is CC(=O)N1CCN(S(=O)(=O)c2ccccc2)C(C(=O)NS(=O)(=O)Cc2ccc3c(c2)OCO3)C1. The maximum Gasteiger partial charge on any atom is 0.253 e. The van der Waals surface area contributed by atoms with E-state index in [2.05, 4.69) is 0 Å². The van der Waals surface area contributed by atoms with Crippen molar-refractivity contribution in [2.24, 2.45) is 0 Å². The predicted octanol–water partition coefficient (Wildman–Crippen LogP) is 0.283. The summed E-state index contributed by atoms with van der Waals surface area (Å²) in [6.07, 6.45) is 0. The number of nitrogens with zero attached hydrogens (tertiary/aromatic N) is 2. The minimum Gasteiger partial charge on any atom is -0.454 e. The van der Waals surface area contributed by atoms with Crippen LogP contribution in [0.2, 0.25) is 0 Å². The Hall–Kier alpha value is -3.16. The fraction of sp³-hybridized carbons (Fsp3) is 0.333. The zero-order chi connectivity index (χ0) is 24.5. The number of piperazine rings is 1. The van der Waals surface area contributed by atoms with Crippen LogP contribution in [0.4, 0.5) is 0 Å². The molecule has 13 heteroatoms. The van der Waals surface area contributed by atoms with Crippen molar-refractivity contribution in [1.82, 2.24) is 13.9 Å². The highest BCUT2D eigenvalue weighted by molar-refractivity contribution is 7.89. The van der Waals surface area contributed by atoms with E-state index >= 15 is 0 Å². The van der Waals surface area contributed by atoms with Crippen molar-refractivity contribution in [2.75, 3.05) is 26.4 Å². The summed E-state index contributed by atoms with van der Waals surface area (Å²) in [5.41, 5.74) is 0.354. The van der Waals surface area contributed by atoms with E-state index in [9.17, 15) is 26.4 Å². The molecule has 0 radical (unpaired) electrons. The third-order valence-corrected chi connectivity index (χ3v) is 8.63. The average Bonchev–Trinajstić information content (AvgIpc) is 3.26. The van der Waals surface area contributed by atoms with Crippen LogP contribution >= 0.6 is 0 Å². The number of amides is 2. The van der Waals surface area contributed by atoms with E-state index < -0.39 is 37.7 Å². The topological polar surface area (TPSA) is 139 Å². The fourth-order valence-corrected chi connectivity index (χ4v) is 6.51. The first kappa shape index (κ1) is 24.0. The lowest BCUT2D eigenvalue weighted by Crippen LogP contribution is -2.61. The number of sulfonamides is 2. The van der Waals surface area contributed by atoms with Crippen molar-refractivity contribution in [3.63, 3.8) is 0 Å². The minimum atomic E-state index is -4.19. The van der Waals surface area contributed by atoms with E-state index in [0.29, 0.717) is 17.1 Å². The number of hydrogen-bond donors (Lipinski definition) is 1. The van der Waals surface area contributed by atoms with Crippen molar-refractivity contribution in [3.05, 3.63) is 54.1 Å². The molecule has 0 aromatic heterocycles. The van der Waals surface area contributed by atoms with Gasteiger partial charge in [-0.15, -0.1) is 0 Å². The van der Waals surface area contributed by atoms with Gasteiger partial charge in [0, 0.05) is 26.6 Å². The second-order valence-corrected chi connectivity index (χ2v) is 11.4. The number of carbonyl (C=O) groups excluding carboxylic acids is 2. The van der Waals surface area contributed by atoms with Gasteiger partial charge in [-0.25, -0.2) is 16.8 Å². The van der Waals surface area contributed by atoms with Crippen molar-refractivity contribution in [1.29, 1.82) is 0 Å². The second kappa shape index (κ2) is 9.24. The Labute approximate surface area is 197 Å². The van der Waals surface area contributed by atoms with Gasteiger partial charge in [0.2, 0.25) is 32.7 Å². The number of carbonyl (C=O) groups is 2. The van der Waals surface area contributed by atoms with Crippen molar-refractivity contribution < 1.29 is 35.9 Å². The first-order valence-electron chi connectivity index (χ1n) is 10.3. The maximum atomic E-state index is 13.2. The van der Waals surface area contributed by atoms with Gasteiger partial charge in [0.05, 0.1) is 10.6 Å². The normalized spacial score (nSPS) is 18.5. The summed E-state index contributed by atoms with van der Waals surface area (Å²) in [4.78, 5) is 26.2. The van der Waals surface area contributed by atoms with Gasteiger partial charge in [-0.05, 0) is 29.8 Å². The third-order valence-electron chi connectivity index (χ3n) is 5.48. The second-order valence-electron chi connectivity index (χ2n) is 7.82. The average molecular weight is 510 g/mol. The molecule has 1 atom stereocenters. The molecule has 2 aromatic rings. The van der Waals surface area contributed by atoms with Crippen LogP contribution in [0.5, 0.6) is 11.5 Å². The zero-order valence-corrected chi connectivity index (χ0v) is 19.8. The predicted molar refractivity (Wildman–Crippen MR) is 120 cm³/mol. The van der Waals surface area contributed by atoms with Gasteiger partial charge in [-0.1, -0.05) is 24.3 Å². The molecule has 4 rings (SSSR count). The Morgan fingerprint density at radius 2 is 1.71 bits per heavy atom. The Kier molecular flexibility index (Phi) is 6.51. The molecule has 2 aliphatic rings. The smallest absolute Gasteiger partial charge is 0.253 e. The maximum absolute atomic E-state index is 13.2. The van der Waals surface area contributed by atoms with E-state index in [1.165, 1.54) is 36.1 Å². The minimum absolute atomic E-state index is 0.0301. The molecule has 1 unspecified atom stereocenters. The van der Waals surface area contributed by atoms with Crippen LogP contribution in [-0.4, -0.2) is 70.3 Å². The third kappa shape index (κ3) is 5.00. The summed E-state index contributed by atoms with van der Waals surface area (Å²) in [6, 6.07) is 10.7. The molecule has 1 fully saturated rings. The van der Waals surface area contributed by atoms with Gasteiger partial charge in [-0.3, -0.25) is 14.3 Å². The summed E-state index contributed by atoms with van der Waals surface area (Å²) in [5.74, 6) is -1.05. The summed E-state index contributed by atoms with van der Waals surface area (Å²) < 4.78 is 65.3. The van der Waals surface area contributed by atoms with Crippen LogP contribution in [0, 0.1) is 0 Å². The van der Waals surface area contributed by atoms with Crippen molar-refractivity contribution >= 4 is 31.9 Å². The largest absolute Gasteiger partial charge is 0.454 e. The molecule has 2 aliphatic heterocycles. The standard InChI is InChI=1S/C21H23N3O8S2/c1-15(25)23-9-10-24(34(29,30)17-5-3-2-4-6-17)18(12-23)21(26)22-33(27,28)13-16-7-8-19-20(11-16)32-14-31-19/h2-8,11,18H,9-10,12-14H2,1H3,(H,22,26). The molecule has 0 bridgehead atoms. The number of nitrogens with one attached hydrogen (secondary N) is 1. The van der Waals surface area contributed by atoms with Gasteiger partial charge in [-0.2, -0.15) is 4.31 Å². The number of hydrogen-bond acceptors (Lipinski definition) is 8. The lowest BCUT2D eigenvalue weighted by atomic mass is 10.2. The molecule has 0 spiro atoms. The van der Waals surface area contributed by atoms with Gasteiger partial charge in [0.15, 0.2) is 11.5 Å². The molecule has 1 saturated heterocycles. The molecule has 2 aromatic carbocycles. The highest BCUT2D eigenvalue weighted by Crippen LogP contribution is 2.33. The van der Waals surface area contributed by atoms with E-state index in [4.69, 9.17) is 9.47 Å². The van der Waals surface area contributed by atoms with E-state index in [1.807, 2.05) is 4.72 Å². The van der Waals surface area contributed by atoms with Gasteiger partial charge in [0.25, 0.3) is 5.91 Å². The molecule has 2 heterocycles.